The zero-order chi connectivity index (χ0) is 12.3. The highest BCUT2D eigenvalue weighted by molar-refractivity contribution is 5.69. The van der Waals surface area contributed by atoms with Gasteiger partial charge in [-0.15, -0.1) is 0 Å². The van der Waals surface area contributed by atoms with Crippen LogP contribution in [0.1, 0.15) is 40.5 Å². The summed E-state index contributed by atoms with van der Waals surface area (Å²) < 4.78 is 5.24. The summed E-state index contributed by atoms with van der Waals surface area (Å²) in [5, 5.41) is 9.72. The van der Waals surface area contributed by atoms with Gasteiger partial charge in [-0.05, 0) is 27.2 Å². The monoisotopic (exact) mass is 229 g/mol. The summed E-state index contributed by atoms with van der Waals surface area (Å²) in [6.45, 7) is 8.86. The lowest BCUT2D eigenvalue weighted by Crippen LogP contribution is -2.55. The first-order valence-corrected chi connectivity index (χ1v) is 5.99. The van der Waals surface area contributed by atoms with Gasteiger partial charge in [0.05, 0.1) is 6.10 Å². The van der Waals surface area contributed by atoms with E-state index in [2.05, 4.69) is 0 Å². The first-order chi connectivity index (χ1) is 7.33. The number of hydrogen-bond acceptors (Lipinski definition) is 3. The fraction of sp³-hybridized carbons (Fsp3) is 0.917. The first-order valence-electron chi connectivity index (χ1n) is 5.99. The minimum atomic E-state index is -0.440. The number of hydrogen-bond donors (Lipinski definition) is 1. The van der Waals surface area contributed by atoms with E-state index in [1.165, 1.54) is 0 Å². The number of carbonyl (C=O) groups is 1. The number of rotatable bonds is 3. The predicted molar refractivity (Wildman–Crippen MR) is 62.2 cm³/mol. The number of ether oxygens (including phenoxy) is 1. The normalized spacial score (nSPS) is 19.2. The molecule has 0 radical (unpaired) electrons. The molecule has 0 aromatic rings. The molecular formula is C12H23NO3. The maximum atomic E-state index is 11.6. The second-order valence-corrected chi connectivity index (χ2v) is 5.50. The summed E-state index contributed by atoms with van der Waals surface area (Å²) in [6, 6.07) is 0. The van der Waals surface area contributed by atoms with E-state index < -0.39 is 5.60 Å². The van der Waals surface area contributed by atoms with Crippen LogP contribution in [0.5, 0.6) is 0 Å². The van der Waals surface area contributed by atoms with Gasteiger partial charge in [0, 0.05) is 19.0 Å². The Morgan fingerprint density at radius 2 is 2.06 bits per heavy atom. The molecule has 0 bridgehead atoms. The van der Waals surface area contributed by atoms with Gasteiger partial charge in [-0.2, -0.15) is 0 Å². The predicted octanol–water partition coefficient (Wildman–Crippen LogP) is 2.01. The molecular weight excluding hydrogens is 206 g/mol. The highest BCUT2D eigenvalue weighted by atomic mass is 16.6. The second kappa shape index (κ2) is 5.04. The molecule has 0 aromatic carbocycles. The first kappa shape index (κ1) is 13.3. The van der Waals surface area contributed by atoms with Crippen molar-refractivity contribution in [3.05, 3.63) is 0 Å². The number of amides is 1. The highest BCUT2D eigenvalue weighted by Crippen LogP contribution is 2.24. The van der Waals surface area contributed by atoms with Crippen LogP contribution in [0.3, 0.4) is 0 Å². The highest BCUT2D eigenvalue weighted by Gasteiger charge is 2.36. The zero-order valence-corrected chi connectivity index (χ0v) is 10.7. The quantitative estimate of drug-likeness (QED) is 0.805. The molecule has 1 atom stereocenters. The third-order valence-corrected chi connectivity index (χ3v) is 2.69. The Balaban J connectivity index is 2.28. The fourth-order valence-electron chi connectivity index (χ4n) is 1.76. The zero-order valence-electron chi connectivity index (χ0n) is 10.7. The molecule has 0 aromatic heterocycles. The molecule has 1 N–H and O–H groups in total. The number of aliphatic hydroxyl groups is 1. The van der Waals surface area contributed by atoms with Gasteiger partial charge in [-0.25, -0.2) is 4.79 Å². The molecule has 1 fully saturated rings. The van der Waals surface area contributed by atoms with E-state index in [9.17, 15) is 9.90 Å². The molecule has 1 saturated heterocycles. The van der Waals surface area contributed by atoms with Crippen LogP contribution in [-0.4, -0.2) is 40.9 Å². The topological polar surface area (TPSA) is 49.8 Å². The molecule has 0 spiro atoms. The second-order valence-electron chi connectivity index (χ2n) is 5.50. The molecule has 1 heterocycles. The minimum absolute atomic E-state index is 0.229. The molecule has 0 unspecified atom stereocenters. The van der Waals surface area contributed by atoms with Crippen LogP contribution in [-0.2, 0) is 4.74 Å². The van der Waals surface area contributed by atoms with Crippen LogP contribution in [0.15, 0.2) is 0 Å². The van der Waals surface area contributed by atoms with Crippen molar-refractivity contribution in [3.63, 3.8) is 0 Å². The summed E-state index contributed by atoms with van der Waals surface area (Å²) in [5.41, 5.74) is -0.440. The van der Waals surface area contributed by atoms with E-state index in [4.69, 9.17) is 4.74 Å². The maximum Gasteiger partial charge on any atom is 0.410 e. The molecule has 1 amide bonds. The van der Waals surface area contributed by atoms with Crippen molar-refractivity contribution < 1.29 is 14.6 Å². The largest absolute Gasteiger partial charge is 0.444 e. The molecule has 1 rings (SSSR count). The Bertz CT molecular complexity index is 241. The number of likely N-dealkylation sites (tertiary alicyclic amines) is 1. The Labute approximate surface area is 97.6 Å². The third-order valence-electron chi connectivity index (χ3n) is 2.69. The van der Waals surface area contributed by atoms with Gasteiger partial charge in [0.25, 0.3) is 0 Å². The van der Waals surface area contributed by atoms with Crippen molar-refractivity contribution in [2.24, 2.45) is 5.92 Å². The molecule has 4 heteroatoms. The molecule has 94 valence electrons. The summed E-state index contributed by atoms with van der Waals surface area (Å²) in [7, 11) is 0. The Morgan fingerprint density at radius 1 is 1.50 bits per heavy atom. The lowest BCUT2D eigenvalue weighted by Gasteiger charge is -2.41. The van der Waals surface area contributed by atoms with E-state index in [-0.39, 0.29) is 18.1 Å². The van der Waals surface area contributed by atoms with Crippen molar-refractivity contribution in [1.29, 1.82) is 0 Å². The van der Waals surface area contributed by atoms with Crippen molar-refractivity contribution >= 4 is 6.09 Å². The Kier molecular flexibility index (Phi) is 4.19. The SMILES string of the molecule is CCC[C@H](O)C1CN(C(=O)OC(C)(C)C)C1. The standard InChI is InChI=1S/C12H23NO3/c1-5-6-10(14)9-7-13(8-9)11(15)16-12(2,3)4/h9-10,14H,5-8H2,1-4H3/t10-/m0/s1. The Hall–Kier alpha value is -0.770. The van der Waals surface area contributed by atoms with Crippen molar-refractivity contribution in [3.8, 4) is 0 Å². The smallest absolute Gasteiger partial charge is 0.410 e. The van der Waals surface area contributed by atoms with Crippen molar-refractivity contribution in [2.75, 3.05) is 13.1 Å². The number of carbonyl (C=O) groups excluding carboxylic acids is 1. The number of aliphatic hydroxyl groups excluding tert-OH is 1. The van der Waals surface area contributed by atoms with Crippen molar-refractivity contribution in [1.82, 2.24) is 4.90 Å². The third kappa shape index (κ3) is 3.67. The van der Waals surface area contributed by atoms with Crippen LogP contribution in [0.4, 0.5) is 4.79 Å². The fourth-order valence-corrected chi connectivity index (χ4v) is 1.76. The van der Waals surface area contributed by atoms with Gasteiger partial charge >= 0.3 is 6.09 Å². The van der Waals surface area contributed by atoms with E-state index >= 15 is 0 Å². The molecule has 16 heavy (non-hydrogen) atoms. The molecule has 0 aliphatic carbocycles. The maximum absolute atomic E-state index is 11.6. The summed E-state index contributed by atoms with van der Waals surface area (Å²) in [4.78, 5) is 13.2. The van der Waals surface area contributed by atoms with Crippen LogP contribution in [0.25, 0.3) is 0 Å². The lowest BCUT2D eigenvalue weighted by atomic mass is 9.91. The van der Waals surface area contributed by atoms with E-state index in [1.807, 2.05) is 27.7 Å². The van der Waals surface area contributed by atoms with Crippen LogP contribution >= 0.6 is 0 Å². The average molecular weight is 229 g/mol. The van der Waals surface area contributed by atoms with Gasteiger partial charge in [0.2, 0.25) is 0 Å². The van der Waals surface area contributed by atoms with Gasteiger partial charge in [0.1, 0.15) is 5.60 Å². The van der Waals surface area contributed by atoms with Crippen LogP contribution in [0.2, 0.25) is 0 Å². The molecule has 1 aliphatic rings. The van der Waals surface area contributed by atoms with Crippen molar-refractivity contribution in [2.45, 2.75) is 52.2 Å². The summed E-state index contributed by atoms with van der Waals surface area (Å²) >= 11 is 0. The Morgan fingerprint density at radius 3 is 2.50 bits per heavy atom. The van der Waals surface area contributed by atoms with E-state index in [0.29, 0.717) is 13.1 Å². The van der Waals surface area contributed by atoms with Gasteiger partial charge in [-0.3, -0.25) is 0 Å². The minimum Gasteiger partial charge on any atom is -0.444 e. The van der Waals surface area contributed by atoms with E-state index in [1.54, 1.807) is 4.90 Å². The van der Waals surface area contributed by atoms with Crippen LogP contribution < -0.4 is 0 Å². The average Bonchev–Trinajstić information content (AvgIpc) is 1.97. The van der Waals surface area contributed by atoms with Gasteiger partial charge < -0.3 is 14.7 Å². The van der Waals surface area contributed by atoms with Gasteiger partial charge in [0.15, 0.2) is 0 Å². The van der Waals surface area contributed by atoms with E-state index in [0.717, 1.165) is 12.8 Å². The lowest BCUT2D eigenvalue weighted by molar-refractivity contribution is -0.0324. The summed E-state index contributed by atoms with van der Waals surface area (Å²) in [5.74, 6) is 0.229. The molecule has 0 saturated carbocycles. The number of nitrogens with zero attached hydrogens (tertiary/aromatic N) is 1. The van der Waals surface area contributed by atoms with Gasteiger partial charge in [-0.1, -0.05) is 13.3 Å². The molecule has 1 aliphatic heterocycles. The summed E-state index contributed by atoms with van der Waals surface area (Å²) in [6.07, 6.45) is 1.24. The van der Waals surface area contributed by atoms with Crippen LogP contribution in [0, 0.1) is 5.92 Å². The molecule has 4 nitrogen and oxygen atoms in total.